The van der Waals surface area contributed by atoms with Crippen LogP contribution in [0.25, 0.3) is 0 Å². The van der Waals surface area contributed by atoms with E-state index in [4.69, 9.17) is 4.52 Å². The average molecular weight is 441 g/mol. The predicted octanol–water partition coefficient (Wildman–Crippen LogP) is 2.32. The van der Waals surface area contributed by atoms with E-state index in [1.165, 1.54) is 36.7 Å². The molecule has 1 aromatic rings. The van der Waals surface area contributed by atoms with Crippen molar-refractivity contribution < 1.29 is 17.7 Å². The molecule has 3 rings (SSSR count). The van der Waals surface area contributed by atoms with Crippen molar-refractivity contribution in [3.63, 3.8) is 0 Å². The van der Waals surface area contributed by atoms with Gasteiger partial charge >= 0.3 is 0 Å². The highest BCUT2D eigenvalue weighted by Gasteiger charge is 2.36. The zero-order valence-corrected chi connectivity index (χ0v) is 19.3. The Hall–Kier alpha value is -1.45. The van der Waals surface area contributed by atoms with Crippen molar-refractivity contribution in [2.75, 3.05) is 39.3 Å². The highest BCUT2D eigenvalue weighted by Crippen LogP contribution is 2.30. The first-order valence-corrected chi connectivity index (χ1v) is 12.7. The van der Waals surface area contributed by atoms with E-state index in [9.17, 15) is 13.2 Å². The van der Waals surface area contributed by atoms with Gasteiger partial charge in [0.2, 0.25) is 15.9 Å². The molecule has 2 aliphatic rings. The average Bonchev–Trinajstić information content (AvgIpc) is 3.10. The molecule has 9 heteroatoms. The predicted molar refractivity (Wildman–Crippen MR) is 115 cm³/mol. The maximum Gasteiger partial charge on any atom is 0.248 e. The van der Waals surface area contributed by atoms with Crippen molar-refractivity contribution in [1.29, 1.82) is 0 Å². The Morgan fingerprint density at radius 2 is 1.83 bits per heavy atom. The first kappa shape index (κ1) is 23.2. The minimum atomic E-state index is -3.61. The van der Waals surface area contributed by atoms with Gasteiger partial charge in [-0.1, -0.05) is 18.5 Å². The molecule has 3 heterocycles. The molecule has 1 amide bonds. The van der Waals surface area contributed by atoms with Crippen molar-refractivity contribution in [2.24, 2.45) is 11.8 Å². The van der Waals surface area contributed by atoms with E-state index in [-0.39, 0.29) is 22.6 Å². The quantitative estimate of drug-likeness (QED) is 0.623. The second kappa shape index (κ2) is 10.2. The van der Waals surface area contributed by atoms with Gasteiger partial charge in [0.25, 0.3) is 0 Å². The summed E-state index contributed by atoms with van der Waals surface area (Å²) in [4.78, 5) is 15.2. The lowest BCUT2D eigenvalue weighted by Gasteiger charge is -2.33. The van der Waals surface area contributed by atoms with Crippen LogP contribution in [0.1, 0.15) is 56.9 Å². The molecule has 30 heavy (non-hydrogen) atoms. The molecule has 0 unspecified atom stereocenters. The van der Waals surface area contributed by atoms with Crippen molar-refractivity contribution in [1.82, 2.24) is 19.7 Å². The number of sulfonamides is 1. The molecule has 2 saturated heterocycles. The van der Waals surface area contributed by atoms with Crippen molar-refractivity contribution in [2.45, 2.75) is 64.2 Å². The zero-order chi connectivity index (χ0) is 21.7. The summed E-state index contributed by atoms with van der Waals surface area (Å²) in [6, 6.07) is 0. The highest BCUT2D eigenvalue weighted by atomic mass is 32.2. The third-order valence-corrected chi connectivity index (χ3v) is 8.73. The van der Waals surface area contributed by atoms with Crippen LogP contribution in [-0.2, 0) is 14.8 Å². The molecule has 1 aromatic heterocycles. The molecule has 8 nitrogen and oxygen atoms in total. The zero-order valence-electron chi connectivity index (χ0n) is 18.5. The number of nitrogens with one attached hydrogen (secondary N) is 1. The van der Waals surface area contributed by atoms with Crippen LogP contribution in [0.5, 0.6) is 0 Å². The molecule has 0 radical (unpaired) electrons. The summed E-state index contributed by atoms with van der Waals surface area (Å²) in [6.45, 7) is 10.2. The summed E-state index contributed by atoms with van der Waals surface area (Å²) in [5.41, 5.74) is 0.395. The maximum atomic E-state index is 12.9. The third kappa shape index (κ3) is 5.42. The molecule has 0 spiro atoms. The van der Waals surface area contributed by atoms with Crippen molar-refractivity contribution in [3.05, 3.63) is 11.5 Å². The van der Waals surface area contributed by atoms with Crippen LogP contribution in [0.2, 0.25) is 0 Å². The van der Waals surface area contributed by atoms with Crippen LogP contribution in [0.4, 0.5) is 0 Å². The summed E-state index contributed by atoms with van der Waals surface area (Å²) >= 11 is 0. The summed E-state index contributed by atoms with van der Waals surface area (Å²) < 4.78 is 32.4. The van der Waals surface area contributed by atoms with Crippen LogP contribution >= 0.6 is 0 Å². The van der Waals surface area contributed by atoms with Gasteiger partial charge in [-0.05, 0) is 71.5 Å². The maximum absolute atomic E-state index is 12.9. The first-order valence-electron chi connectivity index (χ1n) is 11.2. The normalized spacial score (nSPS) is 20.9. The number of likely N-dealkylation sites (tertiary alicyclic amines) is 1. The van der Waals surface area contributed by atoms with E-state index in [0.29, 0.717) is 43.9 Å². The molecule has 0 bridgehead atoms. The van der Waals surface area contributed by atoms with Gasteiger partial charge in [0.15, 0.2) is 5.76 Å². The lowest BCUT2D eigenvalue weighted by Crippen LogP contribution is -2.43. The standard InChI is InChI=1S/C21H36N4O4S/c1-16(21(26)22-10-7-13-24-11-5-4-6-12-24)19-8-14-25(15-9-19)30(27,28)20-17(2)23-29-18(20)3/h16,19H,4-15H2,1-3H3,(H,22,26)/t16-/m0/s1. The Labute approximate surface area is 180 Å². The molecule has 1 atom stereocenters. The molecule has 0 saturated carbocycles. The van der Waals surface area contributed by atoms with E-state index in [1.807, 2.05) is 6.92 Å². The lowest BCUT2D eigenvalue weighted by molar-refractivity contribution is -0.126. The molecule has 170 valence electrons. The van der Waals surface area contributed by atoms with Crippen molar-refractivity contribution in [3.8, 4) is 0 Å². The minimum absolute atomic E-state index is 0.0840. The highest BCUT2D eigenvalue weighted by molar-refractivity contribution is 7.89. The van der Waals surface area contributed by atoms with Crippen LogP contribution in [0, 0.1) is 25.7 Å². The van der Waals surface area contributed by atoms with E-state index in [1.54, 1.807) is 13.8 Å². The van der Waals surface area contributed by atoms with Gasteiger partial charge in [-0.2, -0.15) is 4.31 Å². The first-order chi connectivity index (χ1) is 14.3. The number of nitrogens with zero attached hydrogens (tertiary/aromatic N) is 3. The van der Waals surface area contributed by atoms with Gasteiger partial charge in [0, 0.05) is 25.6 Å². The van der Waals surface area contributed by atoms with E-state index in [2.05, 4.69) is 15.4 Å². The van der Waals surface area contributed by atoms with Gasteiger partial charge in [-0.25, -0.2) is 8.42 Å². The Bertz CT molecular complexity index is 789. The lowest BCUT2D eigenvalue weighted by atomic mass is 9.85. The number of carbonyl (C=O) groups excluding carboxylic acids is 1. The fourth-order valence-corrected chi connectivity index (χ4v) is 6.42. The van der Waals surface area contributed by atoms with E-state index >= 15 is 0 Å². The Kier molecular flexibility index (Phi) is 7.92. The van der Waals surface area contributed by atoms with Crippen LogP contribution < -0.4 is 5.32 Å². The number of aromatic nitrogens is 1. The van der Waals surface area contributed by atoms with Crippen molar-refractivity contribution >= 4 is 15.9 Å². The van der Waals surface area contributed by atoms with E-state index < -0.39 is 10.0 Å². The Morgan fingerprint density at radius 1 is 1.17 bits per heavy atom. The summed E-state index contributed by atoms with van der Waals surface area (Å²) in [7, 11) is -3.61. The van der Waals surface area contributed by atoms with Gasteiger partial charge in [0.1, 0.15) is 10.6 Å². The van der Waals surface area contributed by atoms with Crippen LogP contribution in [-0.4, -0.2) is 68.0 Å². The number of aryl methyl sites for hydroxylation is 2. The van der Waals surface area contributed by atoms with E-state index in [0.717, 1.165) is 13.0 Å². The number of rotatable bonds is 8. The second-order valence-electron chi connectivity index (χ2n) is 8.73. The molecular weight excluding hydrogens is 404 g/mol. The minimum Gasteiger partial charge on any atom is -0.360 e. The number of hydrogen-bond donors (Lipinski definition) is 1. The number of amides is 1. The van der Waals surface area contributed by atoms with Crippen LogP contribution in [0.15, 0.2) is 9.42 Å². The fourth-order valence-electron chi connectivity index (χ4n) is 4.66. The molecule has 0 aliphatic carbocycles. The van der Waals surface area contributed by atoms with Gasteiger partial charge < -0.3 is 14.7 Å². The molecule has 0 aromatic carbocycles. The molecule has 2 aliphatic heterocycles. The number of piperidine rings is 2. The fraction of sp³-hybridized carbons (Fsp3) is 0.810. The number of carbonyl (C=O) groups is 1. The summed E-state index contributed by atoms with van der Waals surface area (Å²) in [6.07, 6.45) is 6.26. The van der Waals surface area contributed by atoms with Gasteiger partial charge in [-0.15, -0.1) is 0 Å². The second-order valence-corrected chi connectivity index (χ2v) is 10.6. The van der Waals surface area contributed by atoms with Gasteiger partial charge in [-0.3, -0.25) is 4.79 Å². The molecular formula is C21H36N4O4S. The topological polar surface area (TPSA) is 95.8 Å². The summed E-state index contributed by atoms with van der Waals surface area (Å²) in [5, 5.41) is 6.85. The number of hydrogen-bond acceptors (Lipinski definition) is 6. The Morgan fingerprint density at radius 3 is 2.43 bits per heavy atom. The SMILES string of the molecule is Cc1noc(C)c1S(=O)(=O)N1CCC([C@H](C)C(=O)NCCCN2CCCCC2)CC1. The smallest absolute Gasteiger partial charge is 0.248 e. The van der Waals surface area contributed by atoms with Crippen LogP contribution in [0.3, 0.4) is 0 Å². The molecule has 2 fully saturated rings. The van der Waals surface area contributed by atoms with Gasteiger partial charge in [0.05, 0.1) is 0 Å². The molecule has 1 N–H and O–H groups in total. The largest absolute Gasteiger partial charge is 0.360 e. The Balaban J connectivity index is 1.43. The summed E-state index contributed by atoms with van der Waals surface area (Å²) in [5.74, 6) is 0.500. The third-order valence-electron chi connectivity index (χ3n) is 6.58. The monoisotopic (exact) mass is 440 g/mol.